The minimum atomic E-state index is -4.34. The van der Waals surface area contributed by atoms with Crippen molar-refractivity contribution in [3.63, 3.8) is 0 Å². The van der Waals surface area contributed by atoms with Crippen molar-refractivity contribution in [3.05, 3.63) is 64.0 Å². The van der Waals surface area contributed by atoms with Crippen LogP contribution in [0.4, 0.5) is 13.2 Å². The van der Waals surface area contributed by atoms with E-state index in [0.717, 1.165) is 52.8 Å². The normalized spacial score (nSPS) is 12.6. The molecule has 3 aromatic rings. The highest BCUT2D eigenvalue weighted by atomic mass is 32.1. The number of esters is 1. The van der Waals surface area contributed by atoms with Gasteiger partial charge in [0.05, 0.1) is 25.2 Å². The number of rotatable bonds is 11. The second kappa shape index (κ2) is 11.7. The number of carbonyl (C=O) groups is 1. The lowest BCUT2D eigenvalue weighted by atomic mass is 9.94. The van der Waals surface area contributed by atoms with Crippen molar-refractivity contribution < 1.29 is 27.4 Å². The van der Waals surface area contributed by atoms with Crippen LogP contribution in [-0.2, 0) is 22.1 Å². The number of halogens is 3. The molecule has 0 N–H and O–H groups in total. The Balaban J connectivity index is 1.69. The van der Waals surface area contributed by atoms with Crippen molar-refractivity contribution in [1.82, 2.24) is 0 Å². The van der Waals surface area contributed by atoms with Gasteiger partial charge in [0.2, 0.25) is 0 Å². The highest BCUT2D eigenvalue weighted by Crippen LogP contribution is 2.41. The molecule has 1 atom stereocenters. The Morgan fingerprint density at radius 3 is 2.44 bits per heavy atom. The Labute approximate surface area is 202 Å². The van der Waals surface area contributed by atoms with E-state index in [-0.39, 0.29) is 18.3 Å². The van der Waals surface area contributed by atoms with Crippen molar-refractivity contribution in [3.8, 4) is 5.75 Å². The number of unbranched alkanes of at least 4 members (excludes halogenated alkanes) is 1. The third kappa shape index (κ3) is 6.75. The fourth-order valence-electron chi connectivity index (χ4n) is 4.07. The van der Waals surface area contributed by atoms with Gasteiger partial charge >= 0.3 is 12.1 Å². The second-order valence-corrected chi connectivity index (χ2v) is 9.49. The number of hydrogen-bond donors (Lipinski definition) is 0. The van der Waals surface area contributed by atoms with Gasteiger partial charge in [0.1, 0.15) is 5.75 Å². The molecule has 1 heterocycles. The molecule has 0 aliphatic heterocycles. The third-order valence-corrected chi connectivity index (χ3v) is 7.31. The number of alkyl halides is 3. The highest BCUT2D eigenvalue weighted by Gasteiger charge is 2.31. The summed E-state index contributed by atoms with van der Waals surface area (Å²) < 4.78 is 51.1. The van der Waals surface area contributed by atoms with E-state index in [9.17, 15) is 18.0 Å². The summed E-state index contributed by atoms with van der Waals surface area (Å²) in [6, 6.07) is 11.4. The molecule has 0 amide bonds. The smallest absolute Gasteiger partial charge is 0.416 e. The molecule has 1 aromatic heterocycles. The second-order valence-electron chi connectivity index (χ2n) is 8.40. The molecule has 2 aromatic carbocycles. The van der Waals surface area contributed by atoms with Gasteiger partial charge in [0.25, 0.3) is 0 Å². The molecule has 0 saturated heterocycles. The first-order valence-corrected chi connectivity index (χ1v) is 12.5. The van der Waals surface area contributed by atoms with Crippen LogP contribution >= 0.6 is 11.3 Å². The summed E-state index contributed by atoms with van der Waals surface area (Å²) in [5.74, 6) is 0.704. The van der Waals surface area contributed by atoms with Crippen LogP contribution < -0.4 is 4.74 Å². The summed E-state index contributed by atoms with van der Waals surface area (Å²) in [5.41, 5.74) is 1.33. The van der Waals surface area contributed by atoms with Gasteiger partial charge in [-0.15, -0.1) is 11.3 Å². The first-order chi connectivity index (χ1) is 16.2. The van der Waals surface area contributed by atoms with E-state index in [4.69, 9.17) is 9.47 Å². The molecule has 0 radical (unpaired) electrons. The van der Waals surface area contributed by atoms with Crippen LogP contribution in [0.3, 0.4) is 0 Å². The lowest BCUT2D eigenvalue weighted by Crippen LogP contribution is -2.08. The van der Waals surface area contributed by atoms with Crippen LogP contribution in [0.5, 0.6) is 5.75 Å². The molecule has 0 spiro atoms. The van der Waals surface area contributed by atoms with E-state index in [0.29, 0.717) is 17.9 Å². The predicted molar refractivity (Wildman–Crippen MR) is 131 cm³/mol. The van der Waals surface area contributed by atoms with Gasteiger partial charge in [-0.2, -0.15) is 13.2 Å². The lowest BCUT2D eigenvalue weighted by Gasteiger charge is -2.17. The van der Waals surface area contributed by atoms with E-state index < -0.39 is 11.7 Å². The number of carbonyl (C=O) groups excluding carboxylic acids is 1. The number of benzene rings is 2. The van der Waals surface area contributed by atoms with E-state index in [1.165, 1.54) is 23.5 Å². The van der Waals surface area contributed by atoms with Gasteiger partial charge in [-0.05, 0) is 73.4 Å². The Bertz CT molecular complexity index is 1090. The zero-order chi connectivity index (χ0) is 24.7. The minimum Gasteiger partial charge on any atom is -0.494 e. The van der Waals surface area contributed by atoms with E-state index in [1.54, 1.807) is 13.0 Å². The first-order valence-electron chi connectivity index (χ1n) is 11.7. The zero-order valence-electron chi connectivity index (χ0n) is 19.8. The maximum Gasteiger partial charge on any atom is 0.416 e. The van der Waals surface area contributed by atoms with Gasteiger partial charge in [0.15, 0.2) is 0 Å². The Morgan fingerprint density at radius 1 is 1.06 bits per heavy atom. The number of thiophene rings is 1. The monoisotopic (exact) mass is 492 g/mol. The molecule has 7 heteroatoms. The van der Waals surface area contributed by atoms with Crippen LogP contribution in [0.1, 0.15) is 67.0 Å². The molecule has 184 valence electrons. The average molecular weight is 493 g/mol. The zero-order valence-corrected chi connectivity index (χ0v) is 20.7. The molecule has 34 heavy (non-hydrogen) atoms. The fourth-order valence-corrected chi connectivity index (χ4v) is 5.49. The standard InChI is InChI=1S/C27H31F3O3S/c1-4-6-7-20(14-15-33-22-11-8-19(9-12-22)16-25(31)32-5-2)26-18(3)23-13-10-21(27(28,29)30)17-24(23)34-26/h8-13,17,20H,4-7,14-16H2,1-3H3. The van der Waals surface area contributed by atoms with Gasteiger partial charge in [-0.25, -0.2) is 0 Å². The van der Waals surface area contributed by atoms with Crippen molar-refractivity contribution in [2.24, 2.45) is 0 Å². The van der Waals surface area contributed by atoms with Gasteiger partial charge in [-0.1, -0.05) is 38.0 Å². The summed E-state index contributed by atoms with van der Waals surface area (Å²) >= 11 is 1.47. The topological polar surface area (TPSA) is 35.5 Å². The highest BCUT2D eigenvalue weighted by molar-refractivity contribution is 7.19. The summed E-state index contributed by atoms with van der Waals surface area (Å²) in [4.78, 5) is 12.8. The molecule has 0 saturated carbocycles. The predicted octanol–water partition coefficient (Wildman–Crippen LogP) is 8.08. The summed E-state index contributed by atoms with van der Waals surface area (Å²) in [5, 5.41) is 0.896. The number of aryl methyl sites for hydroxylation is 1. The summed E-state index contributed by atoms with van der Waals surface area (Å²) in [6.07, 6.45) is -0.249. The van der Waals surface area contributed by atoms with Crippen molar-refractivity contribution >= 4 is 27.4 Å². The Morgan fingerprint density at radius 2 is 1.79 bits per heavy atom. The largest absolute Gasteiger partial charge is 0.494 e. The average Bonchev–Trinajstić information content (AvgIpc) is 3.12. The van der Waals surface area contributed by atoms with E-state index in [1.807, 2.05) is 31.2 Å². The number of ether oxygens (including phenoxy) is 2. The lowest BCUT2D eigenvalue weighted by molar-refractivity contribution is -0.142. The SMILES string of the molecule is CCCCC(CCOc1ccc(CC(=O)OCC)cc1)c1sc2cc(C(F)(F)F)ccc2c1C. The molecule has 0 fully saturated rings. The van der Waals surface area contributed by atoms with Crippen LogP contribution in [0.25, 0.3) is 10.1 Å². The molecule has 3 rings (SSSR count). The molecule has 1 unspecified atom stereocenters. The minimum absolute atomic E-state index is 0.231. The maximum atomic E-state index is 13.2. The Kier molecular flexibility index (Phi) is 9.00. The van der Waals surface area contributed by atoms with Crippen LogP contribution in [0, 0.1) is 6.92 Å². The molecule has 0 aliphatic carbocycles. The Hall–Kier alpha value is -2.54. The molecule has 3 nitrogen and oxygen atoms in total. The fraction of sp³-hybridized carbons (Fsp3) is 0.444. The molecular weight excluding hydrogens is 461 g/mol. The third-order valence-electron chi connectivity index (χ3n) is 5.89. The van der Waals surface area contributed by atoms with Crippen molar-refractivity contribution in [2.75, 3.05) is 13.2 Å². The van der Waals surface area contributed by atoms with Gasteiger partial charge in [0, 0.05) is 9.58 Å². The van der Waals surface area contributed by atoms with Crippen LogP contribution in [-0.4, -0.2) is 19.2 Å². The maximum absolute atomic E-state index is 13.2. The molecule has 0 aliphatic rings. The van der Waals surface area contributed by atoms with Gasteiger partial charge in [-0.3, -0.25) is 4.79 Å². The van der Waals surface area contributed by atoms with E-state index >= 15 is 0 Å². The van der Waals surface area contributed by atoms with E-state index in [2.05, 4.69) is 6.92 Å². The molecular formula is C27H31F3O3S. The quantitative estimate of drug-likeness (QED) is 0.254. The van der Waals surface area contributed by atoms with Crippen LogP contribution in [0.15, 0.2) is 42.5 Å². The summed E-state index contributed by atoms with van der Waals surface area (Å²) in [6.45, 7) is 6.79. The van der Waals surface area contributed by atoms with Crippen LogP contribution in [0.2, 0.25) is 0 Å². The number of hydrogen-bond acceptors (Lipinski definition) is 4. The number of fused-ring (bicyclic) bond motifs is 1. The van der Waals surface area contributed by atoms with Gasteiger partial charge < -0.3 is 9.47 Å². The van der Waals surface area contributed by atoms with Crippen molar-refractivity contribution in [2.45, 2.75) is 65.0 Å². The molecule has 0 bridgehead atoms. The summed E-state index contributed by atoms with van der Waals surface area (Å²) in [7, 11) is 0. The van der Waals surface area contributed by atoms with Crippen molar-refractivity contribution in [1.29, 1.82) is 0 Å². The first kappa shape index (κ1) is 26.1.